The van der Waals surface area contributed by atoms with Gasteiger partial charge in [0.2, 0.25) is 0 Å². The zero-order valence-corrected chi connectivity index (χ0v) is 10.3. The number of alkyl carbamates (subject to hydrolysis) is 1. The van der Waals surface area contributed by atoms with Gasteiger partial charge in [-0.2, -0.15) is 0 Å². The minimum Gasteiger partial charge on any atom is -0.480 e. The van der Waals surface area contributed by atoms with Crippen molar-refractivity contribution in [3.63, 3.8) is 0 Å². The van der Waals surface area contributed by atoms with Crippen molar-refractivity contribution >= 4 is 23.7 Å². The highest BCUT2D eigenvalue weighted by molar-refractivity contribution is 6.29. The Bertz CT molecular complexity index is 296. The first-order chi connectivity index (χ1) is 7.11. The number of carboxylic acid groups (broad SMARTS) is 1. The summed E-state index contributed by atoms with van der Waals surface area (Å²) in [5, 5.41) is 11.2. The molecule has 0 spiro atoms. The van der Waals surface area contributed by atoms with Gasteiger partial charge in [-0.15, -0.1) is 0 Å². The lowest BCUT2D eigenvalue weighted by Gasteiger charge is -2.21. The lowest BCUT2D eigenvalue weighted by Crippen LogP contribution is -2.43. The lowest BCUT2D eigenvalue weighted by molar-refractivity contribution is -0.139. The molecule has 0 heterocycles. The third-order valence-corrected chi connectivity index (χ3v) is 1.57. The summed E-state index contributed by atoms with van der Waals surface area (Å²) >= 11 is 5.48. The number of carbonyl (C=O) groups excluding carboxylic acids is 1. The van der Waals surface area contributed by atoms with Crippen LogP contribution in [0.2, 0.25) is 0 Å². The van der Waals surface area contributed by atoms with Crippen LogP contribution < -0.4 is 5.32 Å². The Morgan fingerprint density at radius 3 is 2.31 bits per heavy atom. The van der Waals surface area contributed by atoms with Crippen LogP contribution in [-0.4, -0.2) is 28.8 Å². The van der Waals surface area contributed by atoms with Gasteiger partial charge in [-0.1, -0.05) is 18.2 Å². The number of ether oxygens (including phenoxy) is 1. The van der Waals surface area contributed by atoms with Gasteiger partial charge in [-0.3, -0.25) is 0 Å². The highest BCUT2D eigenvalue weighted by Gasteiger charge is 2.24. The van der Waals surface area contributed by atoms with Gasteiger partial charge in [0, 0.05) is 11.5 Å². The number of halogens is 1. The molecule has 0 aliphatic rings. The summed E-state index contributed by atoms with van der Waals surface area (Å²) in [4.78, 5) is 22.1. The van der Waals surface area contributed by atoms with Crippen LogP contribution in [0, 0.1) is 0 Å². The van der Waals surface area contributed by atoms with Gasteiger partial charge in [-0.05, 0) is 20.8 Å². The zero-order valence-electron chi connectivity index (χ0n) is 9.54. The second kappa shape index (κ2) is 5.75. The molecule has 6 heteroatoms. The number of hydrogen-bond donors (Lipinski definition) is 2. The molecular formula is C10H16ClNO4. The molecule has 0 saturated carbocycles. The van der Waals surface area contributed by atoms with Crippen molar-refractivity contribution in [2.75, 3.05) is 0 Å². The van der Waals surface area contributed by atoms with E-state index in [1.165, 1.54) is 0 Å². The Morgan fingerprint density at radius 1 is 1.50 bits per heavy atom. The second-order valence-corrected chi connectivity index (χ2v) is 4.79. The van der Waals surface area contributed by atoms with E-state index in [1.807, 2.05) is 0 Å². The summed E-state index contributed by atoms with van der Waals surface area (Å²) < 4.78 is 4.91. The molecule has 5 nitrogen and oxygen atoms in total. The largest absolute Gasteiger partial charge is 0.480 e. The molecule has 0 saturated heterocycles. The fraction of sp³-hybridized carbons (Fsp3) is 0.600. The molecule has 0 radical (unpaired) electrons. The molecule has 92 valence electrons. The first kappa shape index (κ1) is 14.8. The summed E-state index contributed by atoms with van der Waals surface area (Å²) in [5.41, 5.74) is -0.675. The number of rotatable bonds is 4. The smallest absolute Gasteiger partial charge is 0.408 e. The van der Waals surface area contributed by atoms with Crippen LogP contribution in [0.25, 0.3) is 0 Å². The third kappa shape index (κ3) is 7.11. The fourth-order valence-corrected chi connectivity index (χ4v) is 1.03. The van der Waals surface area contributed by atoms with Gasteiger partial charge >= 0.3 is 12.1 Å². The van der Waals surface area contributed by atoms with E-state index in [9.17, 15) is 9.59 Å². The number of amides is 1. The van der Waals surface area contributed by atoms with Crippen molar-refractivity contribution in [1.29, 1.82) is 0 Å². The Hall–Kier alpha value is -1.23. The Morgan fingerprint density at radius 2 is 2.00 bits per heavy atom. The average Bonchev–Trinajstić information content (AvgIpc) is 1.97. The van der Waals surface area contributed by atoms with Gasteiger partial charge in [0.1, 0.15) is 11.6 Å². The lowest BCUT2D eigenvalue weighted by atomic mass is 10.2. The Kier molecular flexibility index (Phi) is 5.30. The predicted octanol–water partition coefficient (Wildman–Crippen LogP) is 2.11. The maximum Gasteiger partial charge on any atom is 0.408 e. The van der Waals surface area contributed by atoms with Crippen LogP contribution in [-0.2, 0) is 9.53 Å². The van der Waals surface area contributed by atoms with E-state index >= 15 is 0 Å². The molecule has 0 bridgehead atoms. The van der Waals surface area contributed by atoms with Gasteiger partial charge in [0.05, 0.1) is 0 Å². The van der Waals surface area contributed by atoms with Gasteiger partial charge in [0.15, 0.2) is 0 Å². The number of hydrogen-bond acceptors (Lipinski definition) is 3. The van der Waals surface area contributed by atoms with Gasteiger partial charge < -0.3 is 15.2 Å². The molecule has 0 aliphatic heterocycles. The van der Waals surface area contributed by atoms with Gasteiger partial charge in [-0.25, -0.2) is 9.59 Å². The van der Waals surface area contributed by atoms with Crippen LogP contribution in [0.4, 0.5) is 4.79 Å². The third-order valence-electron chi connectivity index (χ3n) is 1.41. The second-order valence-electron chi connectivity index (χ2n) is 4.26. The van der Waals surface area contributed by atoms with E-state index in [0.717, 1.165) is 0 Å². The van der Waals surface area contributed by atoms with Crippen LogP contribution in [0.15, 0.2) is 11.6 Å². The monoisotopic (exact) mass is 249 g/mol. The van der Waals surface area contributed by atoms with E-state index in [1.54, 1.807) is 20.8 Å². The molecule has 0 aromatic rings. The Balaban J connectivity index is 4.35. The van der Waals surface area contributed by atoms with Crippen LogP contribution in [0.1, 0.15) is 27.2 Å². The van der Waals surface area contributed by atoms with Crippen molar-refractivity contribution in [3.8, 4) is 0 Å². The number of carboxylic acids is 1. The summed E-state index contributed by atoms with van der Waals surface area (Å²) in [6, 6.07) is -1.13. The van der Waals surface area contributed by atoms with Crippen molar-refractivity contribution in [2.45, 2.75) is 38.8 Å². The van der Waals surface area contributed by atoms with Crippen LogP contribution in [0.3, 0.4) is 0 Å². The molecule has 1 unspecified atom stereocenters. The summed E-state index contributed by atoms with van der Waals surface area (Å²) in [7, 11) is 0. The summed E-state index contributed by atoms with van der Waals surface area (Å²) in [5.74, 6) is -1.19. The fourth-order valence-electron chi connectivity index (χ4n) is 0.871. The van der Waals surface area contributed by atoms with Crippen LogP contribution in [0.5, 0.6) is 0 Å². The molecule has 0 aromatic carbocycles. The molecule has 1 amide bonds. The maximum atomic E-state index is 11.3. The van der Waals surface area contributed by atoms with Gasteiger partial charge in [0.25, 0.3) is 0 Å². The topological polar surface area (TPSA) is 75.6 Å². The first-order valence-corrected chi connectivity index (χ1v) is 5.05. The normalized spacial score (nSPS) is 12.8. The minimum atomic E-state index is -1.19. The molecule has 0 fully saturated rings. The quantitative estimate of drug-likeness (QED) is 0.800. The Labute approximate surface area is 99.4 Å². The van der Waals surface area contributed by atoms with E-state index in [4.69, 9.17) is 21.4 Å². The highest BCUT2D eigenvalue weighted by Crippen LogP contribution is 2.10. The standard InChI is InChI=1S/C10H16ClNO4/c1-6(11)5-7(8(13)14)12-9(15)16-10(2,3)4/h7H,1,5H2,2-4H3,(H,12,15)(H,13,14). The molecule has 2 N–H and O–H groups in total. The van der Waals surface area contributed by atoms with E-state index in [0.29, 0.717) is 0 Å². The summed E-state index contributed by atoms with van der Waals surface area (Å²) in [6.07, 6.45) is -0.839. The number of nitrogens with one attached hydrogen (secondary N) is 1. The van der Waals surface area contributed by atoms with E-state index in [-0.39, 0.29) is 11.5 Å². The summed E-state index contributed by atoms with van der Waals surface area (Å²) in [6.45, 7) is 8.42. The SMILES string of the molecule is C=C(Cl)CC(NC(=O)OC(C)(C)C)C(=O)O. The van der Waals surface area contributed by atoms with Crippen molar-refractivity contribution in [3.05, 3.63) is 11.6 Å². The van der Waals surface area contributed by atoms with E-state index < -0.39 is 23.7 Å². The van der Waals surface area contributed by atoms with E-state index in [2.05, 4.69) is 11.9 Å². The first-order valence-electron chi connectivity index (χ1n) is 4.67. The minimum absolute atomic E-state index is 0.0455. The van der Waals surface area contributed by atoms with Crippen LogP contribution >= 0.6 is 11.6 Å². The number of carbonyl (C=O) groups is 2. The maximum absolute atomic E-state index is 11.3. The number of aliphatic carboxylic acids is 1. The molecule has 1 atom stereocenters. The molecule has 0 aromatic heterocycles. The molecule has 0 rings (SSSR count). The molecule has 16 heavy (non-hydrogen) atoms. The molecular weight excluding hydrogens is 234 g/mol. The predicted molar refractivity (Wildman–Crippen MR) is 60.4 cm³/mol. The molecule has 0 aliphatic carbocycles. The van der Waals surface area contributed by atoms with Crippen molar-refractivity contribution < 1.29 is 19.4 Å². The van der Waals surface area contributed by atoms with Crippen molar-refractivity contribution in [1.82, 2.24) is 5.32 Å². The average molecular weight is 250 g/mol. The van der Waals surface area contributed by atoms with Crippen molar-refractivity contribution in [2.24, 2.45) is 0 Å². The highest BCUT2D eigenvalue weighted by atomic mass is 35.5. The zero-order chi connectivity index (χ0) is 12.9.